The van der Waals surface area contributed by atoms with Crippen LogP contribution in [0, 0.1) is 0 Å². The third-order valence-electron chi connectivity index (χ3n) is 5.86. The van der Waals surface area contributed by atoms with Crippen LogP contribution in [-0.2, 0) is 4.74 Å². The van der Waals surface area contributed by atoms with Crippen LogP contribution in [0.4, 0.5) is 0 Å². The van der Waals surface area contributed by atoms with Crippen molar-refractivity contribution < 1.29 is 4.74 Å². The second-order valence-electron chi connectivity index (χ2n) is 7.98. The first-order valence-electron chi connectivity index (χ1n) is 11.1. The van der Waals surface area contributed by atoms with Crippen LogP contribution in [0.15, 0.2) is 96.1 Å². The number of ether oxygens (including phenoxy) is 1. The van der Waals surface area contributed by atoms with E-state index in [2.05, 4.69) is 103 Å². The molecule has 163 valence electrons. The van der Waals surface area contributed by atoms with Gasteiger partial charge in [-0.2, -0.15) is 5.10 Å². The molecule has 1 saturated heterocycles. The molecule has 1 aliphatic heterocycles. The van der Waals surface area contributed by atoms with E-state index in [1.54, 1.807) is 7.11 Å². The van der Waals surface area contributed by atoms with Gasteiger partial charge in [-0.25, -0.2) is 0 Å². The average molecular weight is 441 g/mol. The predicted octanol–water partition coefficient (Wildman–Crippen LogP) is 4.64. The maximum atomic E-state index is 5.48. The molecule has 0 N–H and O–H groups in total. The smallest absolute Gasteiger partial charge is 0.0754 e. The molecule has 1 fully saturated rings. The van der Waals surface area contributed by atoms with Crippen LogP contribution in [0.25, 0.3) is 0 Å². The molecule has 4 rings (SSSR count). The summed E-state index contributed by atoms with van der Waals surface area (Å²) < 4.78 is 5.48. The first kappa shape index (κ1) is 24.2. The van der Waals surface area contributed by atoms with E-state index in [1.807, 2.05) is 0 Å². The van der Waals surface area contributed by atoms with Crippen LogP contribution in [0.5, 0.6) is 0 Å². The number of hydrogen-bond donors (Lipinski definition) is 0. The Labute approximate surface area is 195 Å². The Hall–Kier alpha value is -2.42. The number of benzene rings is 3. The third-order valence-corrected chi connectivity index (χ3v) is 8.59. The van der Waals surface area contributed by atoms with Gasteiger partial charge < -0.3 is 4.74 Å². The van der Waals surface area contributed by atoms with Gasteiger partial charge in [-0.05, 0) is 36.9 Å². The fourth-order valence-electron chi connectivity index (χ4n) is 4.34. The van der Waals surface area contributed by atoms with Crippen molar-refractivity contribution in [1.29, 1.82) is 0 Å². The zero-order chi connectivity index (χ0) is 21.5. The molecule has 2 atom stereocenters. The molecule has 0 aliphatic carbocycles. The summed E-state index contributed by atoms with van der Waals surface area (Å²) in [5.41, 5.74) is 2.64. The minimum absolute atomic E-state index is 0. The fraction of sp³-hybridized carbons (Fsp3) is 0.296. The van der Waals surface area contributed by atoms with Crippen LogP contribution in [0.3, 0.4) is 0 Å². The van der Waals surface area contributed by atoms with Crippen molar-refractivity contribution in [2.45, 2.75) is 31.5 Å². The van der Waals surface area contributed by atoms with Crippen molar-refractivity contribution >= 4 is 32.7 Å². The molecule has 3 radical (unpaired) electrons. The van der Waals surface area contributed by atoms with Gasteiger partial charge in [-0.3, -0.25) is 5.01 Å². The van der Waals surface area contributed by atoms with Gasteiger partial charge in [-0.15, -0.1) is 0 Å². The Morgan fingerprint density at radius 1 is 0.938 bits per heavy atom. The summed E-state index contributed by atoms with van der Waals surface area (Å²) >= 11 is 0. The molecule has 0 spiro atoms. The van der Waals surface area contributed by atoms with Crippen molar-refractivity contribution in [3.63, 3.8) is 0 Å². The van der Waals surface area contributed by atoms with E-state index in [9.17, 15) is 0 Å². The molecule has 3 nitrogen and oxygen atoms in total. The molecule has 0 amide bonds. The van der Waals surface area contributed by atoms with Gasteiger partial charge in [-0.1, -0.05) is 97.9 Å². The quantitative estimate of drug-likeness (QED) is 0.289. The summed E-state index contributed by atoms with van der Waals surface area (Å²) in [7, 11) is 1.18. The van der Waals surface area contributed by atoms with Crippen molar-refractivity contribution in [1.82, 2.24) is 5.01 Å². The Bertz CT molecular complexity index is 929. The van der Waals surface area contributed by atoms with Gasteiger partial charge in [0.15, 0.2) is 0 Å². The van der Waals surface area contributed by atoms with Crippen LogP contribution in [0.2, 0.25) is 0 Å². The number of hydrogen-bond acceptors (Lipinski definition) is 3. The maximum absolute atomic E-state index is 5.48. The standard InChI is InChI=1S/C27H31N2OP.B/c1-22(31(25-16-8-4-9-17-25)26-18-10-5-11-19-26)27(23-13-6-3-7-14-23)28-29-20-12-15-24(29)21-30-2;/h3-11,13-14,16-19,22,24H,12,15,20-21H2,1-2H3;/b28-27+;/t22-,24-;/m0./s1. The van der Waals surface area contributed by atoms with E-state index in [4.69, 9.17) is 9.84 Å². The van der Waals surface area contributed by atoms with Gasteiger partial charge in [0.25, 0.3) is 0 Å². The van der Waals surface area contributed by atoms with Crippen LogP contribution < -0.4 is 10.6 Å². The van der Waals surface area contributed by atoms with E-state index in [-0.39, 0.29) is 14.1 Å². The summed E-state index contributed by atoms with van der Waals surface area (Å²) in [5.74, 6) is 0. The van der Waals surface area contributed by atoms with Crippen LogP contribution in [0.1, 0.15) is 25.3 Å². The minimum atomic E-state index is -0.606. The molecule has 0 aromatic heterocycles. The second-order valence-corrected chi connectivity index (χ2v) is 10.5. The van der Waals surface area contributed by atoms with E-state index >= 15 is 0 Å². The number of hydrazone groups is 1. The molecule has 1 aliphatic rings. The number of methoxy groups -OCH3 is 1. The molecule has 1 heterocycles. The van der Waals surface area contributed by atoms with Gasteiger partial charge in [0.1, 0.15) is 0 Å². The normalized spacial score (nSPS) is 17.3. The van der Waals surface area contributed by atoms with E-state index in [0.29, 0.717) is 6.04 Å². The summed E-state index contributed by atoms with van der Waals surface area (Å²) in [6.45, 7) is 4.07. The highest BCUT2D eigenvalue weighted by Crippen LogP contribution is 2.41. The minimum Gasteiger partial charge on any atom is -0.382 e. The molecule has 0 saturated carbocycles. The molecule has 5 heteroatoms. The molecule has 32 heavy (non-hydrogen) atoms. The number of rotatable bonds is 8. The first-order valence-corrected chi connectivity index (χ1v) is 12.5. The fourth-order valence-corrected chi connectivity index (χ4v) is 6.96. The monoisotopic (exact) mass is 441 g/mol. The Morgan fingerprint density at radius 3 is 2.00 bits per heavy atom. The summed E-state index contributed by atoms with van der Waals surface area (Å²) in [6, 6.07) is 32.9. The highest BCUT2D eigenvalue weighted by molar-refractivity contribution is 7.74. The second kappa shape index (κ2) is 12.0. The lowest BCUT2D eigenvalue weighted by atomic mass is 10.1. The summed E-state index contributed by atoms with van der Waals surface area (Å²) in [5, 5.41) is 10.3. The molecular formula is C27H31BN2OP. The maximum Gasteiger partial charge on any atom is 0.0754 e. The zero-order valence-corrected chi connectivity index (χ0v) is 19.9. The van der Waals surface area contributed by atoms with Gasteiger partial charge >= 0.3 is 0 Å². The molecule has 0 bridgehead atoms. The lowest BCUT2D eigenvalue weighted by Crippen LogP contribution is -2.33. The van der Waals surface area contributed by atoms with Crippen molar-refractivity contribution in [2.24, 2.45) is 5.10 Å². The van der Waals surface area contributed by atoms with Gasteiger partial charge in [0, 0.05) is 27.7 Å². The average Bonchev–Trinajstić information content (AvgIpc) is 3.26. The van der Waals surface area contributed by atoms with E-state index < -0.39 is 7.92 Å². The third kappa shape index (κ3) is 5.68. The predicted molar refractivity (Wildman–Crippen MR) is 139 cm³/mol. The van der Waals surface area contributed by atoms with Gasteiger partial charge in [0.05, 0.1) is 18.4 Å². The zero-order valence-electron chi connectivity index (χ0n) is 19.0. The van der Waals surface area contributed by atoms with E-state index in [1.165, 1.54) is 28.3 Å². The topological polar surface area (TPSA) is 24.8 Å². The van der Waals surface area contributed by atoms with Crippen molar-refractivity contribution in [3.8, 4) is 0 Å². The van der Waals surface area contributed by atoms with Crippen molar-refractivity contribution in [3.05, 3.63) is 96.6 Å². The SMILES string of the molecule is COC[C@@H]1CCCN1/N=C(/c1ccccc1)[C@H](C)P(c1ccccc1)c1ccccc1.[B]. The molecular weight excluding hydrogens is 410 g/mol. The molecule has 3 aromatic rings. The Morgan fingerprint density at radius 2 is 1.47 bits per heavy atom. The number of nitrogens with zero attached hydrogens (tertiary/aromatic N) is 2. The van der Waals surface area contributed by atoms with E-state index in [0.717, 1.165) is 19.6 Å². The van der Waals surface area contributed by atoms with Crippen LogP contribution in [-0.4, -0.2) is 51.1 Å². The summed E-state index contributed by atoms with van der Waals surface area (Å²) in [4.78, 5) is 0. The first-order chi connectivity index (χ1) is 15.3. The molecule has 0 unspecified atom stereocenters. The van der Waals surface area contributed by atoms with Crippen molar-refractivity contribution in [2.75, 3.05) is 20.3 Å². The summed E-state index contributed by atoms with van der Waals surface area (Å²) in [6.07, 6.45) is 2.31. The largest absolute Gasteiger partial charge is 0.382 e. The highest BCUT2D eigenvalue weighted by Gasteiger charge is 2.29. The highest BCUT2D eigenvalue weighted by atomic mass is 31.1. The Balaban J connectivity index is 0.00000289. The van der Waals surface area contributed by atoms with Gasteiger partial charge in [0.2, 0.25) is 0 Å². The Kier molecular flexibility index (Phi) is 9.08. The van der Waals surface area contributed by atoms with Crippen LogP contribution >= 0.6 is 7.92 Å². The lowest BCUT2D eigenvalue weighted by molar-refractivity contribution is 0.118. The molecule has 3 aromatic carbocycles. The lowest BCUT2D eigenvalue weighted by Gasteiger charge is -2.29.